The van der Waals surface area contributed by atoms with Crippen LogP contribution in [-0.4, -0.2) is 38.6 Å². The van der Waals surface area contributed by atoms with Crippen molar-refractivity contribution in [3.63, 3.8) is 0 Å². The number of nitrogens with one attached hydrogen (secondary N) is 1. The molecule has 1 aliphatic rings. The summed E-state index contributed by atoms with van der Waals surface area (Å²) in [5, 5.41) is 10.5. The maximum Gasteiger partial charge on any atom is 0.331 e. The van der Waals surface area contributed by atoms with E-state index in [1.165, 1.54) is 13.8 Å². The summed E-state index contributed by atoms with van der Waals surface area (Å²) in [5.41, 5.74) is 0. The highest BCUT2D eigenvalue weighted by Crippen LogP contribution is 2.56. The molecule has 1 aliphatic heterocycles. The molecule has 0 aromatic heterocycles. The molecule has 1 saturated heterocycles. The molecule has 2 atom stereocenters. The summed E-state index contributed by atoms with van der Waals surface area (Å²) in [4.78, 5) is 29.4. The van der Waals surface area contributed by atoms with Crippen LogP contribution in [-0.2, 0) is 9.36 Å². The van der Waals surface area contributed by atoms with Crippen molar-refractivity contribution in [2.24, 2.45) is 5.92 Å². The van der Waals surface area contributed by atoms with E-state index in [4.69, 9.17) is 5.11 Å². The van der Waals surface area contributed by atoms with Gasteiger partial charge in [-0.05, 0) is 39.2 Å². The molecule has 6 nitrogen and oxygen atoms in total. The first-order chi connectivity index (χ1) is 7.16. The number of hydrogen-bond acceptors (Lipinski definition) is 3. The lowest BCUT2D eigenvalue weighted by Gasteiger charge is -2.39. The molecule has 0 radical (unpaired) electrons. The highest BCUT2D eigenvalue weighted by atomic mass is 31.2. The van der Waals surface area contributed by atoms with Crippen LogP contribution in [0, 0.1) is 5.92 Å². The van der Waals surface area contributed by atoms with E-state index in [0.29, 0.717) is 13.0 Å². The summed E-state index contributed by atoms with van der Waals surface area (Å²) in [6.45, 7) is 3.48. The molecule has 0 bridgehead atoms. The molecule has 0 amide bonds. The Balaban J connectivity index is 2.81. The fourth-order valence-electron chi connectivity index (χ4n) is 1.99. The van der Waals surface area contributed by atoms with Crippen molar-refractivity contribution >= 4 is 13.6 Å². The molecule has 1 fully saturated rings. The van der Waals surface area contributed by atoms with Gasteiger partial charge in [-0.3, -0.25) is 9.36 Å². The van der Waals surface area contributed by atoms with E-state index in [2.05, 4.69) is 5.32 Å². The third-order valence-corrected chi connectivity index (χ3v) is 5.32. The van der Waals surface area contributed by atoms with E-state index >= 15 is 0 Å². The molecule has 7 heteroatoms. The Hall–Kier alpha value is -0.420. The lowest BCUT2D eigenvalue weighted by Crippen LogP contribution is -2.48. The van der Waals surface area contributed by atoms with Crippen molar-refractivity contribution in [2.75, 3.05) is 6.54 Å². The minimum Gasteiger partial charge on any atom is -0.480 e. The first-order valence-corrected chi connectivity index (χ1v) is 6.79. The highest BCUT2D eigenvalue weighted by molar-refractivity contribution is 7.53. The van der Waals surface area contributed by atoms with E-state index < -0.39 is 24.8 Å². The first kappa shape index (κ1) is 13.6. The van der Waals surface area contributed by atoms with Crippen molar-refractivity contribution in [1.82, 2.24) is 5.32 Å². The van der Waals surface area contributed by atoms with Crippen LogP contribution in [0.3, 0.4) is 0 Å². The standard InChI is InChI=1S/C9H18NO5P/c1-9(2,16(13,14)15)6-3-4-10-7(5-6)8(11)12/h6-7,10H,3-5H2,1-2H3,(H,11,12)(H2,13,14,15)/t6-,7+/m1/s1. The Kier molecular flexibility index (Phi) is 3.80. The summed E-state index contributed by atoms with van der Waals surface area (Å²) in [6, 6.07) is -0.704. The minimum absolute atomic E-state index is 0.257. The number of piperidine rings is 1. The third-order valence-electron chi connectivity index (χ3n) is 3.45. The molecule has 16 heavy (non-hydrogen) atoms. The van der Waals surface area contributed by atoms with Gasteiger partial charge in [-0.25, -0.2) is 0 Å². The van der Waals surface area contributed by atoms with Crippen LogP contribution in [0.2, 0.25) is 0 Å². The molecule has 0 aromatic carbocycles. The SMILES string of the molecule is CC(C)([C@@H]1CCN[C@H](C(=O)O)C1)P(=O)(O)O. The number of rotatable bonds is 3. The molecular formula is C9H18NO5P. The predicted molar refractivity (Wildman–Crippen MR) is 58.3 cm³/mol. The van der Waals surface area contributed by atoms with Gasteiger partial charge >= 0.3 is 13.6 Å². The largest absolute Gasteiger partial charge is 0.480 e. The molecular weight excluding hydrogens is 233 g/mol. The Labute approximate surface area is 94.2 Å². The zero-order valence-electron chi connectivity index (χ0n) is 9.38. The maximum atomic E-state index is 11.4. The smallest absolute Gasteiger partial charge is 0.331 e. The van der Waals surface area contributed by atoms with Crippen LogP contribution in [0.1, 0.15) is 26.7 Å². The topological polar surface area (TPSA) is 107 Å². The number of carbonyl (C=O) groups is 1. The molecule has 1 rings (SSSR count). The second kappa shape index (κ2) is 4.45. The van der Waals surface area contributed by atoms with Crippen molar-refractivity contribution in [2.45, 2.75) is 37.9 Å². The second-order valence-electron chi connectivity index (χ2n) is 4.76. The van der Waals surface area contributed by atoms with Gasteiger partial charge in [0.15, 0.2) is 0 Å². The zero-order chi connectivity index (χ0) is 12.6. The van der Waals surface area contributed by atoms with E-state index in [1.54, 1.807) is 0 Å². The molecule has 0 spiro atoms. The van der Waals surface area contributed by atoms with Gasteiger partial charge in [0.05, 0.1) is 5.16 Å². The van der Waals surface area contributed by atoms with Gasteiger partial charge in [-0.15, -0.1) is 0 Å². The molecule has 0 saturated carbocycles. The lowest BCUT2D eigenvalue weighted by molar-refractivity contribution is -0.140. The summed E-state index contributed by atoms with van der Waals surface area (Å²) >= 11 is 0. The summed E-state index contributed by atoms with van der Waals surface area (Å²) in [6.07, 6.45) is 0.843. The molecule has 0 unspecified atom stereocenters. The minimum atomic E-state index is -4.21. The van der Waals surface area contributed by atoms with E-state index in [-0.39, 0.29) is 12.3 Å². The first-order valence-electron chi connectivity index (χ1n) is 5.18. The van der Waals surface area contributed by atoms with Gasteiger partial charge in [0.2, 0.25) is 0 Å². The van der Waals surface area contributed by atoms with Gasteiger partial charge in [0.1, 0.15) is 6.04 Å². The molecule has 0 aromatic rings. The van der Waals surface area contributed by atoms with Crippen molar-refractivity contribution in [3.8, 4) is 0 Å². The fourth-order valence-corrected chi connectivity index (χ4v) is 2.70. The Bertz CT molecular complexity index is 324. The molecule has 1 heterocycles. The number of hydrogen-bond donors (Lipinski definition) is 4. The number of carboxylic acid groups (broad SMARTS) is 1. The van der Waals surface area contributed by atoms with Crippen molar-refractivity contribution in [3.05, 3.63) is 0 Å². The summed E-state index contributed by atoms with van der Waals surface area (Å²) < 4.78 is 11.4. The summed E-state index contributed by atoms with van der Waals surface area (Å²) in [7, 11) is -4.21. The fraction of sp³-hybridized carbons (Fsp3) is 0.889. The Morgan fingerprint density at radius 1 is 1.44 bits per heavy atom. The molecule has 4 N–H and O–H groups in total. The molecule has 0 aliphatic carbocycles. The third kappa shape index (κ3) is 2.63. The summed E-state index contributed by atoms with van der Waals surface area (Å²) in [5.74, 6) is -1.25. The average molecular weight is 251 g/mol. The van der Waals surface area contributed by atoms with Crippen LogP contribution < -0.4 is 5.32 Å². The van der Waals surface area contributed by atoms with Gasteiger partial charge in [0.25, 0.3) is 0 Å². The van der Waals surface area contributed by atoms with Crippen LogP contribution in [0.5, 0.6) is 0 Å². The lowest BCUT2D eigenvalue weighted by atomic mass is 9.83. The highest BCUT2D eigenvalue weighted by Gasteiger charge is 2.46. The number of carboxylic acids is 1. The van der Waals surface area contributed by atoms with Crippen LogP contribution in [0.4, 0.5) is 0 Å². The van der Waals surface area contributed by atoms with Crippen LogP contribution >= 0.6 is 7.60 Å². The number of aliphatic carboxylic acids is 1. The quantitative estimate of drug-likeness (QED) is 0.541. The monoisotopic (exact) mass is 251 g/mol. The molecule has 94 valence electrons. The van der Waals surface area contributed by atoms with Gasteiger partial charge < -0.3 is 20.2 Å². The van der Waals surface area contributed by atoms with E-state index in [0.717, 1.165) is 0 Å². The van der Waals surface area contributed by atoms with Crippen molar-refractivity contribution in [1.29, 1.82) is 0 Å². The zero-order valence-corrected chi connectivity index (χ0v) is 10.3. The second-order valence-corrected chi connectivity index (χ2v) is 7.00. The predicted octanol–water partition coefficient (Wildman–Crippen LogP) is 0.395. The van der Waals surface area contributed by atoms with Crippen LogP contribution in [0.15, 0.2) is 0 Å². The maximum absolute atomic E-state index is 11.4. The van der Waals surface area contributed by atoms with Gasteiger partial charge in [-0.2, -0.15) is 0 Å². The Morgan fingerprint density at radius 3 is 2.44 bits per heavy atom. The van der Waals surface area contributed by atoms with Gasteiger partial charge in [-0.1, -0.05) is 0 Å². The average Bonchev–Trinajstić information content (AvgIpc) is 2.16. The van der Waals surface area contributed by atoms with E-state index in [9.17, 15) is 19.1 Å². The van der Waals surface area contributed by atoms with Gasteiger partial charge in [0, 0.05) is 0 Å². The van der Waals surface area contributed by atoms with E-state index in [1.807, 2.05) is 0 Å². The van der Waals surface area contributed by atoms with Crippen LogP contribution in [0.25, 0.3) is 0 Å². The normalized spacial score (nSPS) is 27.8. The Morgan fingerprint density at radius 2 is 2.00 bits per heavy atom. The van der Waals surface area contributed by atoms with Crippen molar-refractivity contribution < 1.29 is 24.3 Å².